The first-order valence-corrected chi connectivity index (χ1v) is 6.86. The monoisotopic (exact) mass is 266 g/mol. The van der Waals surface area contributed by atoms with Crippen molar-refractivity contribution in [2.75, 3.05) is 0 Å². The highest BCUT2D eigenvalue weighted by molar-refractivity contribution is 7.11. The first kappa shape index (κ1) is 12.6. The summed E-state index contributed by atoms with van der Waals surface area (Å²) in [7, 11) is 0. The number of thiazole rings is 1. The van der Waals surface area contributed by atoms with E-state index in [2.05, 4.69) is 17.2 Å². The van der Waals surface area contributed by atoms with Crippen LogP contribution in [0.5, 0.6) is 0 Å². The van der Waals surface area contributed by atoms with Crippen LogP contribution in [-0.4, -0.2) is 4.98 Å². The summed E-state index contributed by atoms with van der Waals surface area (Å²) in [6.45, 7) is 3.77. The first-order valence-electron chi connectivity index (χ1n) is 5.67. The summed E-state index contributed by atoms with van der Waals surface area (Å²) in [6, 6.07) is 7.91. The highest BCUT2D eigenvalue weighted by Gasteiger charge is 2.01. The van der Waals surface area contributed by atoms with Crippen LogP contribution >= 0.6 is 22.9 Å². The molecule has 0 saturated carbocycles. The molecule has 0 fully saturated rings. The maximum absolute atomic E-state index is 6.08. The summed E-state index contributed by atoms with van der Waals surface area (Å²) in [5.74, 6) is 0. The summed E-state index contributed by atoms with van der Waals surface area (Å²) < 4.78 is 0. The van der Waals surface area contributed by atoms with E-state index in [-0.39, 0.29) is 0 Å². The maximum atomic E-state index is 6.08. The molecule has 0 radical (unpaired) electrons. The Kier molecular flexibility index (Phi) is 4.54. The fourth-order valence-electron chi connectivity index (χ4n) is 1.56. The molecule has 90 valence electrons. The first-order chi connectivity index (χ1) is 8.29. The number of hydrogen-bond donors (Lipinski definition) is 1. The molecule has 0 aliphatic rings. The zero-order valence-electron chi connectivity index (χ0n) is 9.74. The molecule has 2 aromatic rings. The van der Waals surface area contributed by atoms with Gasteiger partial charge in [0.2, 0.25) is 0 Å². The molecule has 0 amide bonds. The quantitative estimate of drug-likeness (QED) is 0.894. The van der Waals surface area contributed by atoms with Gasteiger partial charge in [0.15, 0.2) is 0 Å². The maximum Gasteiger partial charge on any atom is 0.0925 e. The average Bonchev–Trinajstić information content (AvgIpc) is 2.80. The summed E-state index contributed by atoms with van der Waals surface area (Å²) in [6.07, 6.45) is 2.96. The molecule has 0 aliphatic carbocycles. The third-order valence-corrected chi connectivity index (χ3v) is 3.99. The Bertz CT molecular complexity index is 482. The summed E-state index contributed by atoms with van der Waals surface area (Å²) in [4.78, 5) is 5.60. The number of nitrogens with one attached hydrogen (secondary N) is 1. The van der Waals surface area contributed by atoms with Crippen molar-refractivity contribution < 1.29 is 0 Å². The Labute approximate surface area is 111 Å². The lowest BCUT2D eigenvalue weighted by atomic mass is 10.2. The van der Waals surface area contributed by atoms with Crippen LogP contribution in [0.2, 0.25) is 5.02 Å². The molecule has 0 saturated heterocycles. The van der Waals surface area contributed by atoms with Gasteiger partial charge in [-0.25, -0.2) is 4.98 Å². The molecule has 1 N–H and O–H groups in total. The van der Waals surface area contributed by atoms with E-state index in [0.717, 1.165) is 30.1 Å². The van der Waals surface area contributed by atoms with E-state index < -0.39 is 0 Å². The minimum absolute atomic E-state index is 0.791. The topological polar surface area (TPSA) is 24.9 Å². The van der Waals surface area contributed by atoms with E-state index in [4.69, 9.17) is 11.6 Å². The lowest BCUT2D eigenvalue weighted by Crippen LogP contribution is -2.11. The molecule has 17 heavy (non-hydrogen) atoms. The lowest BCUT2D eigenvalue weighted by molar-refractivity contribution is 0.700. The summed E-state index contributed by atoms with van der Waals surface area (Å²) in [5.41, 5.74) is 1.13. The van der Waals surface area contributed by atoms with Crippen LogP contribution in [0.15, 0.2) is 30.5 Å². The number of aryl methyl sites for hydroxylation is 1. The van der Waals surface area contributed by atoms with E-state index in [1.54, 1.807) is 11.3 Å². The van der Waals surface area contributed by atoms with Crippen molar-refractivity contribution in [2.45, 2.75) is 26.4 Å². The number of hydrogen-bond acceptors (Lipinski definition) is 3. The Morgan fingerprint density at radius 3 is 2.82 bits per heavy atom. The van der Waals surface area contributed by atoms with Crippen molar-refractivity contribution in [3.8, 4) is 0 Å². The van der Waals surface area contributed by atoms with Crippen LogP contribution in [-0.2, 0) is 19.5 Å². The Morgan fingerprint density at radius 1 is 1.29 bits per heavy atom. The number of benzene rings is 1. The minimum atomic E-state index is 0.791. The van der Waals surface area contributed by atoms with Gasteiger partial charge in [-0.3, -0.25) is 0 Å². The number of rotatable bonds is 5. The molecule has 0 aliphatic heterocycles. The van der Waals surface area contributed by atoms with Crippen LogP contribution in [0.3, 0.4) is 0 Å². The fraction of sp³-hybridized carbons (Fsp3) is 0.308. The largest absolute Gasteiger partial charge is 0.308 e. The van der Waals surface area contributed by atoms with E-state index in [1.165, 1.54) is 9.88 Å². The molecular formula is C13H15ClN2S. The lowest BCUT2D eigenvalue weighted by Gasteiger charge is -2.04. The third kappa shape index (κ3) is 3.53. The van der Waals surface area contributed by atoms with E-state index in [9.17, 15) is 0 Å². The standard InChI is InChI=1S/C13H15ClN2S/c1-2-13-16-9-11(17-13)8-15-7-10-5-3-4-6-12(10)14/h3-6,9,15H,2,7-8H2,1H3. The van der Waals surface area contributed by atoms with Gasteiger partial charge in [0.05, 0.1) is 5.01 Å². The van der Waals surface area contributed by atoms with Crippen molar-refractivity contribution in [1.82, 2.24) is 10.3 Å². The van der Waals surface area contributed by atoms with Gasteiger partial charge in [0, 0.05) is 29.2 Å². The summed E-state index contributed by atoms with van der Waals surface area (Å²) in [5, 5.41) is 5.39. The average molecular weight is 267 g/mol. The van der Waals surface area contributed by atoms with Gasteiger partial charge in [-0.05, 0) is 18.1 Å². The highest BCUT2D eigenvalue weighted by atomic mass is 35.5. The van der Waals surface area contributed by atoms with Crippen LogP contribution < -0.4 is 5.32 Å². The predicted octanol–water partition coefficient (Wildman–Crippen LogP) is 3.65. The number of aromatic nitrogens is 1. The van der Waals surface area contributed by atoms with E-state index >= 15 is 0 Å². The SMILES string of the molecule is CCc1ncc(CNCc2ccccc2Cl)s1. The second kappa shape index (κ2) is 6.15. The third-order valence-electron chi connectivity index (χ3n) is 2.48. The van der Waals surface area contributed by atoms with Crippen LogP contribution in [0.1, 0.15) is 22.4 Å². The predicted molar refractivity (Wildman–Crippen MR) is 73.5 cm³/mol. The molecule has 2 nitrogen and oxygen atoms in total. The Balaban J connectivity index is 1.85. The molecule has 0 unspecified atom stereocenters. The van der Waals surface area contributed by atoms with Gasteiger partial charge < -0.3 is 5.32 Å². The van der Waals surface area contributed by atoms with Gasteiger partial charge in [-0.2, -0.15) is 0 Å². The second-order valence-corrected chi connectivity index (χ2v) is 5.38. The molecule has 0 bridgehead atoms. The van der Waals surface area contributed by atoms with Gasteiger partial charge in [0.1, 0.15) is 0 Å². The van der Waals surface area contributed by atoms with Crippen molar-refractivity contribution in [3.05, 3.63) is 50.9 Å². The van der Waals surface area contributed by atoms with Crippen LogP contribution in [0, 0.1) is 0 Å². The molecule has 0 atom stereocenters. The Morgan fingerprint density at radius 2 is 2.12 bits per heavy atom. The molecule has 0 spiro atoms. The second-order valence-electron chi connectivity index (χ2n) is 3.77. The van der Waals surface area contributed by atoms with Crippen molar-refractivity contribution >= 4 is 22.9 Å². The number of halogens is 1. The molecule has 1 heterocycles. The van der Waals surface area contributed by atoms with Gasteiger partial charge in [-0.1, -0.05) is 36.7 Å². The fourth-order valence-corrected chi connectivity index (χ4v) is 2.59. The molecule has 1 aromatic heterocycles. The van der Waals surface area contributed by atoms with Crippen LogP contribution in [0.4, 0.5) is 0 Å². The van der Waals surface area contributed by atoms with Gasteiger partial charge >= 0.3 is 0 Å². The summed E-state index contributed by atoms with van der Waals surface area (Å²) >= 11 is 7.85. The smallest absolute Gasteiger partial charge is 0.0925 e. The van der Waals surface area contributed by atoms with Crippen molar-refractivity contribution in [2.24, 2.45) is 0 Å². The zero-order valence-corrected chi connectivity index (χ0v) is 11.3. The van der Waals surface area contributed by atoms with Gasteiger partial charge in [-0.15, -0.1) is 11.3 Å². The van der Waals surface area contributed by atoms with E-state index in [1.807, 2.05) is 30.5 Å². The molecule has 4 heteroatoms. The van der Waals surface area contributed by atoms with Gasteiger partial charge in [0.25, 0.3) is 0 Å². The normalized spacial score (nSPS) is 10.7. The molecule has 2 rings (SSSR count). The van der Waals surface area contributed by atoms with Crippen molar-refractivity contribution in [1.29, 1.82) is 0 Å². The minimum Gasteiger partial charge on any atom is -0.308 e. The number of nitrogens with zero attached hydrogens (tertiary/aromatic N) is 1. The molecule has 1 aromatic carbocycles. The zero-order chi connectivity index (χ0) is 12.1. The van der Waals surface area contributed by atoms with E-state index in [0.29, 0.717) is 0 Å². The van der Waals surface area contributed by atoms with Crippen LogP contribution in [0.25, 0.3) is 0 Å². The molecular weight excluding hydrogens is 252 g/mol. The highest BCUT2D eigenvalue weighted by Crippen LogP contribution is 2.16. The Hall–Kier alpha value is -0.900. The van der Waals surface area contributed by atoms with Crippen molar-refractivity contribution in [3.63, 3.8) is 0 Å².